The molecule has 1 fully saturated rings. The van der Waals surface area contributed by atoms with Crippen LogP contribution in [-0.2, 0) is 18.4 Å². The van der Waals surface area contributed by atoms with Crippen molar-refractivity contribution in [2.45, 2.75) is 25.8 Å². The molecule has 6 nitrogen and oxygen atoms in total. The number of likely N-dealkylation sites (tertiary alicyclic amines) is 1. The Balaban J connectivity index is 1.71. The van der Waals surface area contributed by atoms with Crippen molar-refractivity contribution < 1.29 is 4.79 Å². The summed E-state index contributed by atoms with van der Waals surface area (Å²) >= 11 is 0. The molecule has 17 heavy (non-hydrogen) atoms. The number of carbonyl (C=O) groups is 1. The first-order valence-corrected chi connectivity index (χ1v) is 6.09. The highest BCUT2D eigenvalue weighted by Crippen LogP contribution is 2.08. The molecule has 0 radical (unpaired) electrons. The van der Waals surface area contributed by atoms with Crippen molar-refractivity contribution in [1.82, 2.24) is 25.2 Å². The highest BCUT2D eigenvalue weighted by molar-refractivity contribution is 5.78. The number of aryl methyl sites for hydroxylation is 1. The number of piperidine rings is 1. The van der Waals surface area contributed by atoms with Gasteiger partial charge in [-0.2, -0.15) is 0 Å². The van der Waals surface area contributed by atoms with Gasteiger partial charge in [0.15, 0.2) is 0 Å². The van der Waals surface area contributed by atoms with E-state index in [9.17, 15) is 4.79 Å². The fourth-order valence-corrected chi connectivity index (χ4v) is 2.02. The minimum Gasteiger partial charge on any atom is -0.342 e. The van der Waals surface area contributed by atoms with Crippen molar-refractivity contribution in [3.8, 4) is 0 Å². The van der Waals surface area contributed by atoms with E-state index in [1.165, 1.54) is 6.42 Å². The molecule has 0 aliphatic carbocycles. The van der Waals surface area contributed by atoms with Gasteiger partial charge in [0.25, 0.3) is 0 Å². The molecule has 1 amide bonds. The summed E-state index contributed by atoms with van der Waals surface area (Å²) in [5.74, 6) is 0.194. The Morgan fingerprint density at radius 2 is 2.18 bits per heavy atom. The van der Waals surface area contributed by atoms with Crippen molar-refractivity contribution in [1.29, 1.82) is 0 Å². The molecule has 6 heteroatoms. The molecule has 2 rings (SSSR count). The van der Waals surface area contributed by atoms with Crippen LogP contribution in [0, 0.1) is 0 Å². The van der Waals surface area contributed by atoms with Crippen LogP contribution in [0.2, 0.25) is 0 Å². The molecule has 0 bridgehead atoms. The fourth-order valence-electron chi connectivity index (χ4n) is 2.02. The van der Waals surface area contributed by atoms with Crippen LogP contribution in [0.25, 0.3) is 0 Å². The van der Waals surface area contributed by atoms with Crippen LogP contribution < -0.4 is 5.32 Å². The summed E-state index contributed by atoms with van der Waals surface area (Å²) in [6, 6.07) is 0. The third-order valence-electron chi connectivity index (χ3n) is 3.10. The standard InChI is InChI=1S/C11H19N5O/c1-15-10(8-13-14-15)7-12-9-11(17)16-5-3-2-4-6-16/h8,12H,2-7,9H2,1H3. The minimum absolute atomic E-state index is 0.194. The molecule has 0 spiro atoms. The number of nitrogens with zero attached hydrogens (tertiary/aromatic N) is 4. The van der Waals surface area contributed by atoms with E-state index in [2.05, 4.69) is 15.6 Å². The molecule has 0 saturated carbocycles. The van der Waals surface area contributed by atoms with Crippen LogP contribution in [0.1, 0.15) is 25.0 Å². The maximum Gasteiger partial charge on any atom is 0.236 e. The summed E-state index contributed by atoms with van der Waals surface area (Å²) in [5.41, 5.74) is 0.983. The second-order valence-corrected chi connectivity index (χ2v) is 4.39. The Morgan fingerprint density at radius 1 is 1.41 bits per heavy atom. The molecule has 1 aliphatic heterocycles. The van der Waals surface area contributed by atoms with Crippen LogP contribution in [0.15, 0.2) is 6.20 Å². The summed E-state index contributed by atoms with van der Waals surface area (Å²) in [6.45, 7) is 2.84. The van der Waals surface area contributed by atoms with Crippen LogP contribution in [-0.4, -0.2) is 45.4 Å². The Labute approximate surface area is 101 Å². The van der Waals surface area contributed by atoms with Crippen molar-refractivity contribution in [3.63, 3.8) is 0 Å². The second-order valence-electron chi connectivity index (χ2n) is 4.39. The molecule has 0 aromatic carbocycles. The summed E-state index contributed by atoms with van der Waals surface area (Å²) in [7, 11) is 1.84. The Kier molecular flexibility index (Phi) is 4.08. The molecule has 94 valence electrons. The molecule has 0 atom stereocenters. The van der Waals surface area contributed by atoms with Crippen molar-refractivity contribution >= 4 is 5.91 Å². The predicted octanol–water partition coefficient (Wildman–Crippen LogP) is -0.0828. The molecule has 1 aromatic heterocycles. The average molecular weight is 237 g/mol. The number of amides is 1. The molecular weight excluding hydrogens is 218 g/mol. The highest BCUT2D eigenvalue weighted by Gasteiger charge is 2.15. The predicted molar refractivity (Wildman–Crippen MR) is 63.1 cm³/mol. The van der Waals surface area contributed by atoms with Gasteiger partial charge < -0.3 is 10.2 Å². The van der Waals surface area contributed by atoms with E-state index >= 15 is 0 Å². The summed E-state index contributed by atoms with van der Waals surface area (Å²) in [5, 5.41) is 10.8. The molecule has 1 aliphatic rings. The van der Waals surface area contributed by atoms with E-state index in [0.29, 0.717) is 13.1 Å². The van der Waals surface area contributed by atoms with Crippen molar-refractivity contribution in [2.24, 2.45) is 7.05 Å². The normalized spacial score (nSPS) is 16.2. The van der Waals surface area contributed by atoms with Gasteiger partial charge in [-0.15, -0.1) is 5.10 Å². The molecule has 1 aromatic rings. The van der Waals surface area contributed by atoms with E-state index in [0.717, 1.165) is 31.6 Å². The SMILES string of the molecule is Cn1nncc1CNCC(=O)N1CCCCC1. The number of carbonyl (C=O) groups excluding carboxylic acids is 1. The zero-order valence-corrected chi connectivity index (χ0v) is 10.2. The Bertz CT molecular complexity index is 370. The van der Waals surface area contributed by atoms with E-state index in [1.54, 1.807) is 10.9 Å². The van der Waals surface area contributed by atoms with Gasteiger partial charge in [0.2, 0.25) is 5.91 Å². The average Bonchev–Trinajstić information content (AvgIpc) is 2.76. The first-order chi connectivity index (χ1) is 8.27. The van der Waals surface area contributed by atoms with E-state index in [1.807, 2.05) is 11.9 Å². The highest BCUT2D eigenvalue weighted by atomic mass is 16.2. The molecule has 0 unspecified atom stereocenters. The van der Waals surface area contributed by atoms with Crippen LogP contribution in [0.5, 0.6) is 0 Å². The lowest BCUT2D eigenvalue weighted by Crippen LogP contribution is -2.41. The largest absolute Gasteiger partial charge is 0.342 e. The number of aromatic nitrogens is 3. The van der Waals surface area contributed by atoms with Crippen molar-refractivity contribution in [2.75, 3.05) is 19.6 Å². The quantitative estimate of drug-likeness (QED) is 0.795. The van der Waals surface area contributed by atoms with Crippen LogP contribution in [0.3, 0.4) is 0 Å². The third kappa shape index (κ3) is 3.26. The lowest BCUT2D eigenvalue weighted by Gasteiger charge is -2.26. The van der Waals surface area contributed by atoms with Gasteiger partial charge in [0.05, 0.1) is 18.4 Å². The van der Waals surface area contributed by atoms with Gasteiger partial charge in [-0.1, -0.05) is 5.21 Å². The van der Waals surface area contributed by atoms with Crippen molar-refractivity contribution in [3.05, 3.63) is 11.9 Å². The number of rotatable bonds is 4. The lowest BCUT2D eigenvalue weighted by molar-refractivity contribution is -0.131. The molecule has 1 N–H and O–H groups in total. The van der Waals surface area contributed by atoms with Gasteiger partial charge in [0, 0.05) is 26.7 Å². The first kappa shape index (κ1) is 12.0. The monoisotopic (exact) mass is 237 g/mol. The van der Waals surface area contributed by atoms with Gasteiger partial charge in [0.1, 0.15) is 0 Å². The first-order valence-electron chi connectivity index (χ1n) is 6.09. The van der Waals surface area contributed by atoms with Gasteiger partial charge >= 0.3 is 0 Å². The van der Waals surface area contributed by atoms with E-state index < -0.39 is 0 Å². The van der Waals surface area contributed by atoms with Crippen LogP contribution >= 0.6 is 0 Å². The zero-order valence-electron chi connectivity index (χ0n) is 10.2. The summed E-state index contributed by atoms with van der Waals surface area (Å²) in [6.07, 6.45) is 5.23. The zero-order chi connectivity index (χ0) is 12.1. The maximum absolute atomic E-state index is 11.8. The molecule has 2 heterocycles. The Hall–Kier alpha value is -1.43. The van der Waals surface area contributed by atoms with Crippen LogP contribution in [0.4, 0.5) is 0 Å². The summed E-state index contributed by atoms with van der Waals surface area (Å²) < 4.78 is 1.71. The summed E-state index contributed by atoms with van der Waals surface area (Å²) in [4.78, 5) is 13.8. The Morgan fingerprint density at radius 3 is 2.82 bits per heavy atom. The van der Waals surface area contributed by atoms with E-state index in [-0.39, 0.29) is 5.91 Å². The van der Waals surface area contributed by atoms with Gasteiger partial charge in [-0.05, 0) is 19.3 Å². The fraction of sp³-hybridized carbons (Fsp3) is 0.727. The van der Waals surface area contributed by atoms with Gasteiger partial charge in [-0.25, -0.2) is 0 Å². The topological polar surface area (TPSA) is 63.1 Å². The smallest absolute Gasteiger partial charge is 0.236 e. The number of hydrogen-bond acceptors (Lipinski definition) is 4. The molecular formula is C11H19N5O. The van der Waals surface area contributed by atoms with E-state index in [4.69, 9.17) is 0 Å². The maximum atomic E-state index is 11.8. The second kappa shape index (κ2) is 5.77. The minimum atomic E-state index is 0.194. The molecule has 1 saturated heterocycles. The number of nitrogens with one attached hydrogen (secondary N) is 1. The lowest BCUT2D eigenvalue weighted by atomic mass is 10.1. The number of hydrogen-bond donors (Lipinski definition) is 1. The van der Waals surface area contributed by atoms with Gasteiger partial charge in [-0.3, -0.25) is 9.48 Å². The third-order valence-corrected chi connectivity index (χ3v) is 3.10.